The van der Waals surface area contributed by atoms with E-state index < -0.39 is 17.5 Å². The summed E-state index contributed by atoms with van der Waals surface area (Å²) in [5.74, 6) is -0.686. The Morgan fingerprint density at radius 2 is 1.05 bits per heavy atom. The van der Waals surface area contributed by atoms with Crippen molar-refractivity contribution < 1.29 is 14.6 Å². The minimum Gasteiger partial charge on any atom is -0.512 e. The second-order valence-electron chi connectivity index (χ2n) is 9.84. The maximum absolute atomic E-state index is 13.8. The van der Waals surface area contributed by atoms with Gasteiger partial charge in [-0.05, 0) is 47.9 Å². The summed E-state index contributed by atoms with van der Waals surface area (Å²) >= 11 is 0. The van der Waals surface area contributed by atoms with Crippen LogP contribution < -0.4 is 0 Å². The van der Waals surface area contributed by atoms with E-state index in [0.29, 0.717) is 24.8 Å². The first-order chi connectivity index (χ1) is 18.1. The lowest BCUT2D eigenvalue weighted by atomic mass is 9.78. The lowest BCUT2D eigenvalue weighted by molar-refractivity contribution is -0.161. The van der Waals surface area contributed by atoms with E-state index in [1.165, 1.54) is 11.1 Å². The summed E-state index contributed by atoms with van der Waals surface area (Å²) in [4.78, 5) is 13.8. The molecule has 0 bridgehead atoms. The van der Waals surface area contributed by atoms with Crippen molar-refractivity contribution in [3.8, 4) is 0 Å². The van der Waals surface area contributed by atoms with Crippen LogP contribution in [0.2, 0.25) is 0 Å². The predicted octanol–water partition coefficient (Wildman–Crippen LogP) is 7.58. The summed E-state index contributed by atoms with van der Waals surface area (Å²) in [5, 5.41) is 11.5. The molecule has 0 saturated carbocycles. The molecule has 0 saturated heterocycles. The molecule has 5 rings (SSSR count). The zero-order valence-electron chi connectivity index (χ0n) is 20.9. The monoisotopic (exact) mass is 488 g/mol. The molecule has 0 amide bonds. The van der Waals surface area contributed by atoms with E-state index in [1.54, 1.807) is 0 Å². The van der Waals surface area contributed by atoms with Gasteiger partial charge in [-0.1, -0.05) is 121 Å². The number of rotatable bonds is 9. The molecule has 0 aromatic heterocycles. The smallest absolute Gasteiger partial charge is 0.338 e. The van der Waals surface area contributed by atoms with Crippen molar-refractivity contribution in [2.24, 2.45) is 0 Å². The first-order valence-electron chi connectivity index (χ1n) is 13.0. The van der Waals surface area contributed by atoms with Gasteiger partial charge in [-0.2, -0.15) is 0 Å². The Morgan fingerprint density at radius 3 is 1.46 bits per heavy atom. The van der Waals surface area contributed by atoms with Gasteiger partial charge in [0.25, 0.3) is 0 Å². The number of carbonyl (C=O) groups is 1. The lowest BCUT2D eigenvalue weighted by Gasteiger charge is -2.39. The van der Waals surface area contributed by atoms with Crippen molar-refractivity contribution in [2.75, 3.05) is 0 Å². The minimum absolute atomic E-state index is 0.134. The van der Waals surface area contributed by atoms with Gasteiger partial charge in [0.05, 0.1) is 5.57 Å². The molecule has 4 aromatic rings. The van der Waals surface area contributed by atoms with Crippen LogP contribution in [-0.2, 0) is 22.4 Å². The largest absolute Gasteiger partial charge is 0.512 e. The van der Waals surface area contributed by atoms with Gasteiger partial charge in [0.1, 0.15) is 11.4 Å². The molecule has 4 aromatic carbocycles. The number of aliphatic hydroxyl groups is 1. The zero-order chi connectivity index (χ0) is 25.5. The molecule has 1 aliphatic rings. The van der Waals surface area contributed by atoms with E-state index in [2.05, 4.69) is 24.3 Å². The Balaban J connectivity index is 1.49. The molecule has 0 aliphatic carbocycles. The van der Waals surface area contributed by atoms with Crippen molar-refractivity contribution in [2.45, 2.75) is 43.6 Å². The van der Waals surface area contributed by atoms with Crippen molar-refractivity contribution in [1.29, 1.82) is 0 Å². The Bertz CT molecular complexity index is 1250. The average molecular weight is 489 g/mol. The Morgan fingerprint density at radius 1 is 0.649 bits per heavy atom. The highest BCUT2D eigenvalue weighted by atomic mass is 16.6. The van der Waals surface area contributed by atoms with Crippen LogP contribution in [0.15, 0.2) is 133 Å². The molecular weight excluding hydrogens is 456 g/mol. The van der Waals surface area contributed by atoms with Crippen LogP contribution in [0.1, 0.15) is 47.4 Å². The number of aryl methyl sites for hydroxylation is 2. The molecule has 3 heteroatoms. The van der Waals surface area contributed by atoms with E-state index in [0.717, 1.165) is 24.0 Å². The van der Waals surface area contributed by atoms with E-state index >= 15 is 0 Å². The Kier molecular flexibility index (Phi) is 7.51. The van der Waals surface area contributed by atoms with E-state index in [4.69, 9.17) is 4.74 Å². The first kappa shape index (κ1) is 24.6. The van der Waals surface area contributed by atoms with E-state index in [1.807, 2.05) is 97.1 Å². The molecule has 0 radical (unpaired) electrons. The second kappa shape index (κ2) is 11.3. The Hall–Kier alpha value is -4.11. The fourth-order valence-electron chi connectivity index (χ4n) is 5.34. The van der Waals surface area contributed by atoms with Gasteiger partial charge in [0, 0.05) is 12.3 Å². The van der Waals surface area contributed by atoms with Crippen LogP contribution in [0.25, 0.3) is 0 Å². The quantitative estimate of drug-likeness (QED) is 0.247. The maximum Gasteiger partial charge on any atom is 0.338 e. The van der Waals surface area contributed by atoms with Gasteiger partial charge in [0.15, 0.2) is 0 Å². The third kappa shape index (κ3) is 5.83. The molecule has 0 atom stereocenters. The number of hydrogen-bond acceptors (Lipinski definition) is 3. The van der Waals surface area contributed by atoms with Crippen LogP contribution in [0.3, 0.4) is 0 Å². The van der Waals surface area contributed by atoms with Crippen molar-refractivity contribution in [1.82, 2.24) is 0 Å². The van der Waals surface area contributed by atoms with Gasteiger partial charge >= 0.3 is 5.97 Å². The van der Waals surface area contributed by atoms with Crippen LogP contribution in [-0.4, -0.2) is 16.7 Å². The number of aliphatic hydroxyl groups excluding tert-OH is 1. The number of ether oxygens (including phenoxy) is 1. The normalized spacial score (nSPS) is 15.0. The van der Waals surface area contributed by atoms with Crippen LogP contribution >= 0.6 is 0 Å². The number of esters is 1. The van der Waals surface area contributed by atoms with Crippen LogP contribution in [0, 0.1) is 0 Å². The van der Waals surface area contributed by atoms with Crippen LogP contribution in [0.4, 0.5) is 0 Å². The van der Waals surface area contributed by atoms with Gasteiger partial charge < -0.3 is 9.84 Å². The molecule has 1 aliphatic heterocycles. The average Bonchev–Trinajstić information content (AvgIpc) is 2.95. The highest BCUT2D eigenvalue weighted by Crippen LogP contribution is 2.43. The molecule has 0 fully saturated rings. The van der Waals surface area contributed by atoms with Crippen molar-refractivity contribution in [3.05, 3.63) is 155 Å². The van der Waals surface area contributed by atoms with Crippen LogP contribution in [0.5, 0.6) is 0 Å². The zero-order valence-corrected chi connectivity index (χ0v) is 20.9. The number of carbonyl (C=O) groups excluding carboxylic acids is 1. The Labute approximate surface area is 219 Å². The van der Waals surface area contributed by atoms with E-state index in [-0.39, 0.29) is 5.76 Å². The lowest BCUT2D eigenvalue weighted by Crippen LogP contribution is -2.42. The number of cyclic esters (lactones) is 1. The maximum atomic E-state index is 13.8. The predicted molar refractivity (Wildman–Crippen MR) is 147 cm³/mol. The molecule has 1 N–H and O–H groups in total. The van der Waals surface area contributed by atoms with Crippen molar-refractivity contribution >= 4 is 5.97 Å². The van der Waals surface area contributed by atoms with Gasteiger partial charge in [-0.3, -0.25) is 0 Å². The van der Waals surface area contributed by atoms with Crippen molar-refractivity contribution in [3.63, 3.8) is 0 Å². The molecular formula is C34H32O3. The fourth-order valence-corrected chi connectivity index (χ4v) is 5.34. The number of hydrogen-bond donors (Lipinski definition) is 1. The summed E-state index contributed by atoms with van der Waals surface area (Å²) in [6.07, 6.45) is 3.14. The standard InChI is InChI=1S/C34H32O3/c35-30-25-34(23-21-26-13-5-1-6-14-26,24-22-27-15-7-2-8-16-27)37-33(36)32(30)31(28-17-9-3-10-18-28)29-19-11-4-12-20-29/h1-20,31,35H,21-25H2. The van der Waals surface area contributed by atoms with Gasteiger partial charge in [-0.15, -0.1) is 0 Å². The molecule has 1 heterocycles. The molecule has 37 heavy (non-hydrogen) atoms. The van der Waals surface area contributed by atoms with Gasteiger partial charge in [0.2, 0.25) is 0 Å². The molecule has 3 nitrogen and oxygen atoms in total. The topological polar surface area (TPSA) is 46.5 Å². The third-order valence-electron chi connectivity index (χ3n) is 7.31. The number of benzene rings is 4. The summed E-state index contributed by atoms with van der Waals surface area (Å²) < 4.78 is 6.37. The highest BCUT2D eigenvalue weighted by Gasteiger charge is 2.44. The third-order valence-corrected chi connectivity index (χ3v) is 7.31. The first-order valence-corrected chi connectivity index (χ1v) is 13.0. The summed E-state index contributed by atoms with van der Waals surface area (Å²) in [7, 11) is 0. The SMILES string of the molecule is O=C1OC(CCc2ccccc2)(CCc2ccccc2)CC(O)=C1C(c1ccccc1)c1ccccc1. The summed E-state index contributed by atoms with van der Waals surface area (Å²) in [6, 6.07) is 40.2. The second-order valence-corrected chi connectivity index (χ2v) is 9.84. The summed E-state index contributed by atoms with van der Waals surface area (Å²) in [6.45, 7) is 0. The summed E-state index contributed by atoms with van der Waals surface area (Å²) in [5.41, 5.74) is 3.86. The molecule has 0 unspecified atom stereocenters. The minimum atomic E-state index is -0.770. The molecule has 0 spiro atoms. The van der Waals surface area contributed by atoms with E-state index in [9.17, 15) is 9.90 Å². The molecule has 186 valence electrons. The highest BCUT2D eigenvalue weighted by molar-refractivity contribution is 5.93. The van der Waals surface area contributed by atoms with Gasteiger partial charge in [-0.25, -0.2) is 4.79 Å². The fraction of sp³-hybridized carbons (Fsp3) is 0.206.